The van der Waals surface area contributed by atoms with Crippen LogP contribution in [0, 0.1) is 0 Å². The van der Waals surface area contributed by atoms with E-state index in [0.29, 0.717) is 18.3 Å². The van der Waals surface area contributed by atoms with Gasteiger partial charge in [0.05, 0.1) is 11.9 Å². The number of hydrogen-bond acceptors (Lipinski definition) is 6. The molecule has 3 aromatic heterocycles. The zero-order valence-electron chi connectivity index (χ0n) is 16.3. The van der Waals surface area contributed by atoms with E-state index in [-0.39, 0.29) is 6.61 Å². The van der Waals surface area contributed by atoms with Crippen LogP contribution >= 0.6 is 0 Å². The Labute approximate surface area is 168 Å². The largest absolute Gasteiger partial charge is 0.492 e. The molecule has 4 heterocycles. The van der Waals surface area contributed by atoms with Gasteiger partial charge in [0.25, 0.3) is 0 Å². The van der Waals surface area contributed by atoms with Crippen molar-refractivity contribution in [2.45, 2.75) is 25.5 Å². The number of nitrogens with two attached hydrogens (primary N) is 1. The molecule has 0 bridgehead atoms. The second kappa shape index (κ2) is 7.47. The number of ether oxygens (including phenoxy) is 1. The van der Waals surface area contributed by atoms with Crippen LogP contribution in [0.3, 0.4) is 0 Å². The standard InChI is InChI=1S/C21H24N6O2/c1-27-10-19(16-7-14(12-29-22)25-21-18(16)9-24-26-21)17-8-15(4-5-20(17)27)28-11-13-3-2-6-23-13/h4-5,7-10,13,23H,2-3,6,11-12,22H2,1H3,(H,24,25,26). The van der Waals surface area contributed by atoms with E-state index in [1.807, 2.05) is 19.2 Å². The molecule has 1 atom stereocenters. The number of rotatable bonds is 6. The highest BCUT2D eigenvalue weighted by Crippen LogP contribution is 2.36. The summed E-state index contributed by atoms with van der Waals surface area (Å²) in [5.74, 6) is 6.15. The quantitative estimate of drug-likeness (QED) is 0.436. The van der Waals surface area contributed by atoms with Crippen molar-refractivity contribution in [2.24, 2.45) is 12.9 Å². The van der Waals surface area contributed by atoms with Crippen molar-refractivity contribution in [3.63, 3.8) is 0 Å². The highest BCUT2D eigenvalue weighted by Gasteiger charge is 2.17. The topological polar surface area (TPSA) is 103 Å². The lowest BCUT2D eigenvalue weighted by Crippen LogP contribution is -2.28. The maximum absolute atomic E-state index is 6.09. The van der Waals surface area contributed by atoms with E-state index in [1.165, 1.54) is 12.8 Å². The summed E-state index contributed by atoms with van der Waals surface area (Å²) in [6, 6.07) is 8.70. The van der Waals surface area contributed by atoms with E-state index >= 15 is 0 Å². The van der Waals surface area contributed by atoms with Crippen LogP contribution in [0.1, 0.15) is 18.5 Å². The molecule has 1 aliphatic rings. The molecule has 0 spiro atoms. The minimum absolute atomic E-state index is 0.232. The Morgan fingerprint density at radius 3 is 3.00 bits per heavy atom. The summed E-state index contributed by atoms with van der Waals surface area (Å²) in [5.41, 5.74) is 4.73. The Kier molecular flexibility index (Phi) is 4.67. The lowest BCUT2D eigenvalue weighted by Gasteiger charge is -2.12. The molecule has 1 unspecified atom stereocenters. The van der Waals surface area contributed by atoms with Gasteiger partial charge in [0.1, 0.15) is 19.0 Å². The molecule has 1 aromatic carbocycles. The van der Waals surface area contributed by atoms with Crippen LogP contribution in [0.15, 0.2) is 36.7 Å². The van der Waals surface area contributed by atoms with Crippen LogP contribution in [-0.4, -0.2) is 38.9 Å². The van der Waals surface area contributed by atoms with E-state index < -0.39 is 0 Å². The Morgan fingerprint density at radius 1 is 1.24 bits per heavy atom. The van der Waals surface area contributed by atoms with E-state index in [4.69, 9.17) is 15.5 Å². The van der Waals surface area contributed by atoms with Crippen molar-refractivity contribution in [1.82, 2.24) is 25.1 Å². The van der Waals surface area contributed by atoms with Gasteiger partial charge in [-0.05, 0) is 49.2 Å². The fourth-order valence-corrected chi connectivity index (χ4v) is 4.14. The van der Waals surface area contributed by atoms with Crippen molar-refractivity contribution >= 4 is 21.9 Å². The number of pyridine rings is 1. The first-order valence-electron chi connectivity index (χ1n) is 9.83. The molecule has 0 radical (unpaired) electrons. The fraction of sp³-hybridized carbons (Fsp3) is 0.333. The molecule has 1 aliphatic heterocycles. The summed E-state index contributed by atoms with van der Waals surface area (Å²) < 4.78 is 8.22. The molecule has 8 heteroatoms. The van der Waals surface area contributed by atoms with E-state index in [9.17, 15) is 0 Å². The normalized spacial score (nSPS) is 16.8. The van der Waals surface area contributed by atoms with Crippen molar-refractivity contribution in [3.05, 3.63) is 42.4 Å². The zero-order chi connectivity index (χ0) is 19.8. The van der Waals surface area contributed by atoms with Crippen LogP contribution in [0.2, 0.25) is 0 Å². The van der Waals surface area contributed by atoms with Gasteiger partial charge in [-0.25, -0.2) is 10.9 Å². The van der Waals surface area contributed by atoms with E-state index in [1.54, 1.807) is 6.20 Å². The Bertz CT molecular complexity index is 1160. The highest BCUT2D eigenvalue weighted by molar-refractivity contribution is 6.04. The van der Waals surface area contributed by atoms with Crippen LogP contribution < -0.4 is 16.0 Å². The molecule has 0 amide bonds. The molecule has 0 aliphatic carbocycles. The SMILES string of the molecule is Cn1cc(-c2cc(CON)nc3[nH]ncc23)c2cc(OCC3CCCN3)ccc21. The van der Waals surface area contributed by atoms with Crippen LogP contribution in [0.5, 0.6) is 5.75 Å². The van der Waals surface area contributed by atoms with Gasteiger partial charge < -0.3 is 14.6 Å². The van der Waals surface area contributed by atoms with Crippen LogP contribution in [0.25, 0.3) is 33.1 Å². The second-order valence-corrected chi connectivity index (χ2v) is 7.54. The number of nitrogens with one attached hydrogen (secondary N) is 2. The summed E-state index contributed by atoms with van der Waals surface area (Å²) in [7, 11) is 2.05. The van der Waals surface area contributed by atoms with Gasteiger partial charge in [0, 0.05) is 41.1 Å². The van der Waals surface area contributed by atoms with Crippen LogP contribution in [0.4, 0.5) is 0 Å². The third kappa shape index (κ3) is 3.35. The average Bonchev–Trinajstić information content (AvgIpc) is 3.46. The number of aromatic amines is 1. The smallest absolute Gasteiger partial charge is 0.156 e. The molecule has 0 saturated carbocycles. The Hall–Kier alpha value is -2.94. The molecule has 29 heavy (non-hydrogen) atoms. The average molecular weight is 392 g/mol. The first-order valence-corrected chi connectivity index (χ1v) is 9.83. The molecular formula is C21H24N6O2. The summed E-state index contributed by atoms with van der Waals surface area (Å²) in [6.45, 7) is 2.00. The number of hydrogen-bond donors (Lipinski definition) is 3. The zero-order valence-corrected chi connectivity index (χ0v) is 16.3. The van der Waals surface area contributed by atoms with Crippen LogP contribution in [-0.2, 0) is 18.5 Å². The molecule has 8 nitrogen and oxygen atoms in total. The summed E-state index contributed by atoms with van der Waals surface area (Å²) in [5, 5.41) is 12.7. The first kappa shape index (κ1) is 18.1. The van der Waals surface area contributed by atoms with Gasteiger partial charge in [0.2, 0.25) is 0 Å². The lowest BCUT2D eigenvalue weighted by molar-refractivity contribution is 0.121. The number of benzene rings is 1. The minimum Gasteiger partial charge on any atom is -0.492 e. The van der Waals surface area contributed by atoms with Crippen molar-refractivity contribution in [1.29, 1.82) is 0 Å². The molecular weight excluding hydrogens is 368 g/mol. The number of aryl methyl sites for hydroxylation is 1. The summed E-state index contributed by atoms with van der Waals surface area (Å²) in [4.78, 5) is 9.34. The Balaban J connectivity index is 1.58. The van der Waals surface area contributed by atoms with Gasteiger partial charge in [0.15, 0.2) is 5.65 Å². The van der Waals surface area contributed by atoms with E-state index in [0.717, 1.165) is 45.4 Å². The van der Waals surface area contributed by atoms with Crippen molar-refractivity contribution in [2.75, 3.05) is 13.2 Å². The number of nitrogens with zero attached hydrogens (tertiary/aromatic N) is 3. The monoisotopic (exact) mass is 392 g/mol. The third-order valence-corrected chi connectivity index (χ3v) is 5.57. The molecule has 150 valence electrons. The highest BCUT2D eigenvalue weighted by atomic mass is 16.6. The summed E-state index contributed by atoms with van der Waals surface area (Å²) >= 11 is 0. The second-order valence-electron chi connectivity index (χ2n) is 7.54. The lowest BCUT2D eigenvalue weighted by atomic mass is 10.0. The molecule has 5 rings (SSSR count). The van der Waals surface area contributed by atoms with Gasteiger partial charge in [-0.15, -0.1) is 0 Å². The van der Waals surface area contributed by atoms with Gasteiger partial charge in [-0.2, -0.15) is 5.10 Å². The van der Waals surface area contributed by atoms with E-state index in [2.05, 4.69) is 43.4 Å². The maximum Gasteiger partial charge on any atom is 0.156 e. The molecule has 4 N–H and O–H groups in total. The molecule has 1 saturated heterocycles. The molecule has 1 fully saturated rings. The van der Waals surface area contributed by atoms with Gasteiger partial charge in [-0.3, -0.25) is 9.94 Å². The van der Waals surface area contributed by atoms with Crippen molar-refractivity contribution < 1.29 is 9.57 Å². The van der Waals surface area contributed by atoms with Gasteiger partial charge in [-0.1, -0.05) is 0 Å². The predicted molar refractivity (Wildman–Crippen MR) is 111 cm³/mol. The number of fused-ring (bicyclic) bond motifs is 2. The minimum atomic E-state index is 0.232. The fourth-order valence-electron chi connectivity index (χ4n) is 4.14. The van der Waals surface area contributed by atoms with Gasteiger partial charge >= 0.3 is 0 Å². The number of aromatic nitrogens is 4. The maximum atomic E-state index is 6.09. The molecule has 4 aromatic rings. The number of H-pyrrole nitrogens is 1. The van der Waals surface area contributed by atoms with Crippen molar-refractivity contribution in [3.8, 4) is 16.9 Å². The third-order valence-electron chi connectivity index (χ3n) is 5.57. The Morgan fingerprint density at radius 2 is 2.17 bits per heavy atom. The summed E-state index contributed by atoms with van der Waals surface area (Å²) in [6.07, 6.45) is 6.31. The predicted octanol–water partition coefficient (Wildman–Crippen LogP) is 2.64. The first-order chi connectivity index (χ1) is 14.2.